The van der Waals surface area contributed by atoms with Gasteiger partial charge in [0.2, 0.25) is 0 Å². The third-order valence-electron chi connectivity index (χ3n) is 1.45. The molecular weight excluding hydrogens is 146 g/mol. The van der Waals surface area contributed by atoms with Crippen LogP contribution in [0, 0.1) is 0 Å². The first-order valence-electron chi connectivity index (χ1n) is 4.02. The number of allylic oxidation sites excluding steroid dienone is 9. The van der Waals surface area contributed by atoms with Crippen LogP contribution in [-0.4, -0.2) is 0 Å². The molecule has 0 heterocycles. The van der Waals surface area contributed by atoms with Gasteiger partial charge in [-0.15, -0.1) is 0 Å². The molecule has 1 rings (SSSR count). The van der Waals surface area contributed by atoms with Crippen LogP contribution in [0.5, 0.6) is 0 Å². The molecule has 0 spiro atoms. The number of nitrogens with two attached hydrogens (primary N) is 1. The van der Waals surface area contributed by atoms with E-state index in [2.05, 4.69) is 6.08 Å². The average Bonchev–Trinajstić information content (AvgIpc) is 2.11. The number of hydrogen-bond donors (Lipinski definition) is 1. The molecule has 0 bridgehead atoms. The Bertz CT molecular complexity index is 265. The van der Waals surface area contributed by atoms with E-state index in [1.807, 2.05) is 48.6 Å². The molecule has 0 aromatic heterocycles. The topological polar surface area (TPSA) is 26.0 Å². The van der Waals surface area contributed by atoms with Crippen LogP contribution in [-0.2, 0) is 0 Å². The molecule has 1 aliphatic rings. The lowest BCUT2D eigenvalue weighted by Gasteiger charge is -1.87. The van der Waals surface area contributed by atoms with E-state index in [1.165, 1.54) is 0 Å². The van der Waals surface area contributed by atoms with Gasteiger partial charge in [0.15, 0.2) is 0 Å². The molecule has 0 aromatic carbocycles. The van der Waals surface area contributed by atoms with Crippen LogP contribution in [0.15, 0.2) is 60.4 Å². The maximum atomic E-state index is 5.65. The number of rotatable bonds is 0. The first-order chi connectivity index (χ1) is 5.89. The zero-order valence-electron chi connectivity index (χ0n) is 6.98. The van der Waals surface area contributed by atoms with Crippen molar-refractivity contribution in [2.45, 2.75) is 6.42 Å². The lowest BCUT2D eigenvalue weighted by atomic mass is 10.3. The smallest absolute Gasteiger partial charge is 0.0310 e. The molecule has 0 saturated carbocycles. The molecule has 0 unspecified atom stereocenters. The van der Waals surface area contributed by atoms with E-state index in [0.717, 1.165) is 12.1 Å². The molecule has 0 saturated heterocycles. The predicted octanol–water partition coefficient (Wildman–Crippen LogP) is 2.46. The Labute approximate surface area is 73.3 Å². The van der Waals surface area contributed by atoms with E-state index < -0.39 is 0 Å². The van der Waals surface area contributed by atoms with E-state index in [0.29, 0.717) is 0 Å². The van der Waals surface area contributed by atoms with E-state index in [-0.39, 0.29) is 0 Å². The highest BCUT2D eigenvalue weighted by Gasteiger charge is 1.78. The van der Waals surface area contributed by atoms with E-state index >= 15 is 0 Å². The molecule has 0 atom stereocenters. The highest BCUT2D eigenvalue weighted by Crippen LogP contribution is 1.94. The van der Waals surface area contributed by atoms with E-state index in [9.17, 15) is 0 Å². The molecule has 0 aliphatic heterocycles. The molecule has 0 amide bonds. The van der Waals surface area contributed by atoms with Crippen molar-refractivity contribution in [3.63, 3.8) is 0 Å². The van der Waals surface area contributed by atoms with Crippen molar-refractivity contribution >= 4 is 0 Å². The van der Waals surface area contributed by atoms with Gasteiger partial charge in [0.25, 0.3) is 0 Å². The van der Waals surface area contributed by atoms with Gasteiger partial charge in [-0.25, -0.2) is 0 Å². The van der Waals surface area contributed by atoms with Gasteiger partial charge >= 0.3 is 0 Å². The van der Waals surface area contributed by atoms with Gasteiger partial charge in [-0.1, -0.05) is 42.5 Å². The van der Waals surface area contributed by atoms with Crippen LogP contribution in [0.2, 0.25) is 0 Å². The summed E-state index contributed by atoms with van der Waals surface area (Å²) in [5.74, 6) is 0. The number of hydrogen-bond acceptors (Lipinski definition) is 1. The quantitative estimate of drug-likeness (QED) is 0.577. The van der Waals surface area contributed by atoms with Crippen LogP contribution in [0.25, 0.3) is 0 Å². The minimum atomic E-state index is 0.787. The summed E-state index contributed by atoms with van der Waals surface area (Å²) in [5.41, 5.74) is 6.44. The summed E-state index contributed by atoms with van der Waals surface area (Å²) in [6.45, 7) is 0. The van der Waals surface area contributed by atoms with Crippen molar-refractivity contribution in [2.75, 3.05) is 0 Å². The Kier molecular flexibility index (Phi) is 3.72. The summed E-state index contributed by atoms with van der Waals surface area (Å²) in [6.07, 6.45) is 18.7. The van der Waals surface area contributed by atoms with Crippen LogP contribution < -0.4 is 5.73 Å². The van der Waals surface area contributed by atoms with Crippen molar-refractivity contribution in [1.29, 1.82) is 0 Å². The maximum absolute atomic E-state index is 5.65. The van der Waals surface area contributed by atoms with Crippen LogP contribution in [0.3, 0.4) is 0 Å². The molecule has 0 fully saturated rings. The van der Waals surface area contributed by atoms with Crippen molar-refractivity contribution in [3.05, 3.63) is 60.4 Å². The summed E-state index contributed by atoms with van der Waals surface area (Å²) in [4.78, 5) is 0. The molecule has 1 aliphatic carbocycles. The fourth-order valence-electron chi connectivity index (χ4n) is 0.854. The first-order valence-corrected chi connectivity index (χ1v) is 4.02. The molecule has 2 N–H and O–H groups in total. The molecular formula is C11H13N. The highest BCUT2D eigenvalue weighted by molar-refractivity contribution is 5.24. The SMILES string of the molecule is N/C1=C/C=C\C=C/C=C\CC=C1. The summed E-state index contributed by atoms with van der Waals surface area (Å²) in [5, 5.41) is 0. The molecule has 0 aromatic rings. The zero-order valence-corrected chi connectivity index (χ0v) is 6.98. The van der Waals surface area contributed by atoms with Gasteiger partial charge in [0.05, 0.1) is 0 Å². The second-order valence-corrected chi connectivity index (χ2v) is 2.50. The summed E-state index contributed by atoms with van der Waals surface area (Å²) in [6, 6.07) is 0. The van der Waals surface area contributed by atoms with Gasteiger partial charge in [-0.2, -0.15) is 0 Å². The lowest BCUT2D eigenvalue weighted by Crippen LogP contribution is -1.90. The maximum Gasteiger partial charge on any atom is 0.0310 e. The third-order valence-corrected chi connectivity index (χ3v) is 1.45. The van der Waals surface area contributed by atoms with Crippen molar-refractivity contribution in [2.24, 2.45) is 5.73 Å². The second-order valence-electron chi connectivity index (χ2n) is 2.50. The van der Waals surface area contributed by atoms with Gasteiger partial charge < -0.3 is 5.73 Å². The second kappa shape index (κ2) is 5.19. The summed E-state index contributed by atoms with van der Waals surface area (Å²) in [7, 11) is 0. The molecule has 62 valence electrons. The summed E-state index contributed by atoms with van der Waals surface area (Å²) >= 11 is 0. The Balaban J connectivity index is 2.73. The standard InChI is InChI=1S/C11H13N/c12-11-9-7-5-3-1-2-4-6-8-10-11/h1-5,7-10H,6,12H2/b3-1-,4-2-,7-5-,10-8?,11-9+. The van der Waals surface area contributed by atoms with Crippen LogP contribution >= 0.6 is 0 Å². The van der Waals surface area contributed by atoms with Crippen molar-refractivity contribution in [1.82, 2.24) is 0 Å². The van der Waals surface area contributed by atoms with E-state index in [4.69, 9.17) is 5.73 Å². The van der Waals surface area contributed by atoms with Crippen molar-refractivity contribution < 1.29 is 0 Å². The van der Waals surface area contributed by atoms with Gasteiger partial charge in [-0.3, -0.25) is 0 Å². The molecule has 1 heteroatoms. The third kappa shape index (κ3) is 3.62. The Hall–Kier alpha value is -1.50. The normalized spacial score (nSPS) is 29.5. The zero-order chi connectivity index (χ0) is 8.65. The Morgan fingerprint density at radius 2 is 1.67 bits per heavy atom. The highest BCUT2D eigenvalue weighted by atomic mass is 14.5. The fourth-order valence-corrected chi connectivity index (χ4v) is 0.854. The minimum absolute atomic E-state index is 0.787. The Morgan fingerprint density at radius 3 is 2.58 bits per heavy atom. The molecule has 0 radical (unpaired) electrons. The van der Waals surface area contributed by atoms with Gasteiger partial charge in [-0.05, 0) is 18.6 Å². The van der Waals surface area contributed by atoms with Crippen LogP contribution in [0.4, 0.5) is 0 Å². The average molecular weight is 159 g/mol. The Morgan fingerprint density at radius 1 is 0.917 bits per heavy atom. The monoisotopic (exact) mass is 159 g/mol. The predicted molar refractivity (Wildman–Crippen MR) is 53.4 cm³/mol. The largest absolute Gasteiger partial charge is 0.399 e. The van der Waals surface area contributed by atoms with Gasteiger partial charge in [0, 0.05) is 5.70 Å². The molecule has 12 heavy (non-hydrogen) atoms. The summed E-state index contributed by atoms with van der Waals surface area (Å²) < 4.78 is 0. The lowest BCUT2D eigenvalue weighted by molar-refractivity contribution is 1.35. The fraction of sp³-hybridized carbons (Fsp3) is 0.0909. The van der Waals surface area contributed by atoms with Crippen LogP contribution in [0.1, 0.15) is 6.42 Å². The minimum Gasteiger partial charge on any atom is -0.399 e. The van der Waals surface area contributed by atoms with Gasteiger partial charge in [0.1, 0.15) is 0 Å². The van der Waals surface area contributed by atoms with E-state index in [1.54, 1.807) is 0 Å². The van der Waals surface area contributed by atoms with Crippen molar-refractivity contribution in [3.8, 4) is 0 Å². The first kappa shape index (κ1) is 8.60. The molecule has 1 nitrogen and oxygen atoms in total.